The Bertz CT molecular complexity index is 565. The first kappa shape index (κ1) is 11.5. The molecule has 0 saturated carbocycles. The number of aromatic nitrogens is 4. The van der Waals surface area contributed by atoms with Gasteiger partial charge >= 0.3 is 0 Å². The Kier molecular flexibility index (Phi) is 3.04. The van der Waals surface area contributed by atoms with E-state index in [0.717, 1.165) is 0 Å². The van der Waals surface area contributed by atoms with E-state index in [2.05, 4.69) is 15.1 Å². The number of nitriles is 1. The highest BCUT2D eigenvalue weighted by Gasteiger charge is 2.14. The van der Waals surface area contributed by atoms with Gasteiger partial charge in [0.05, 0.1) is 11.6 Å². The first-order valence-corrected chi connectivity index (χ1v) is 5.24. The predicted molar refractivity (Wildman–Crippen MR) is 61.5 cm³/mol. The van der Waals surface area contributed by atoms with Crippen LogP contribution >= 0.6 is 11.6 Å². The molecule has 2 rings (SSSR count). The average Bonchev–Trinajstić information content (AvgIpc) is 2.72. The van der Waals surface area contributed by atoms with Gasteiger partial charge in [0.15, 0.2) is 11.6 Å². The van der Waals surface area contributed by atoms with E-state index in [4.69, 9.17) is 22.6 Å². The summed E-state index contributed by atoms with van der Waals surface area (Å²) in [6, 6.07) is 4.98. The van der Waals surface area contributed by atoms with Crippen molar-refractivity contribution in [1.29, 1.82) is 5.26 Å². The summed E-state index contributed by atoms with van der Waals surface area (Å²) in [6.45, 7) is 1.78. The molecule has 17 heavy (non-hydrogen) atoms. The summed E-state index contributed by atoms with van der Waals surface area (Å²) in [6.07, 6.45) is 1.45. The van der Waals surface area contributed by atoms with Crippen LogP contribution in [0.4, 0.5) is 0 Å². The molecule has 0 aliphatic rings. The average molecular weight is 249 g/mol. The third kappa shape index (κ3) is 2.25. The molecule has 0 fully saturated rings. The van der Waals surface area contributed by atoms with Gasteiger partial charge in [-0.2, -0.15) is 14.9 Å². The number of hydrogen-bond acceptors (Lipinski definition) is 5. The molecule has 7 heteroatoms. The van der Waals surface area contributed by atoms with Crippen LogP contribution in [0.2, 0.25) is 5.28 Å². The minimum Gasteiger partial charge on any atom is -0.322 e. The Balaban J connectivity index is 2.49. The van der Waals surface area contributed by atoms with Crippen LogP contribution in [0, 0.1) is 11.3 Å². The van der Waals surface area contributed by atoms with Gasteiger partial charge in [-0.15, -0.1) is 5.10 Å². The largest absolute Gasteiger partial charge is 0.322 e. The molecule has 2 aromatic rings. The fourth-order valence-electron chi connectivity index (χ4n) is 1.34. The van der Waals surface area contributed by atoms with Crippen molar-refractivity contribution in [2.75, 3.05) is 0 Å². The standard InChI is InChI=1S/C10H9ClN6/c1-6(13)9-15-10(11)16-17(9)8-3-2-7(4-12)5-14-8/h2-3,5-6H,13H2,1H3/t6-/m1/s1. The summed E-state index contributed by atoms with van der Waals surface area (Å²) in [5, 5.41) is 12.8. The second-order valence-corrected chi connectivity index (χ2v) is 3.79. The maximum Gasteiger partial charge on any atom is 0.243 e. The Hall–Kier alpha value is -1.97. The lowest BCUT2D eigenvalue weighted by Gasteiger charge is -2.06. The maximum atomic E-state index is 8.68. The molecular weight excluding hydrogens is 240 g/mol. The Morgan fingerprint density at radius 2 is 2.29 bits per heavy atom. The van der Waals surface area contributed by atoms with Crippen LogP contribution in [0.15, 0.2) is 18.3 Å². The Morgan fingerprint density at radius 1 is 1.53 bits per heavy atom. The first-order chi connectivity index (χ1) is 8.11. The molecule has 6 nitrogen and oxygen atoms in total. The van der Waals surface area contributed by atoms with Gasteiger partial charge < -0.3 is 5.73 Å². The summed E-state index contributed by atoms with van der Waals surface area (Å²) in [5.41, 5.74) is 6.23. The molecule has 2 N–H and O–H groups in total. The molecule has 86 valence electrons. The Labute approximate surface area is 103 Å². The van der Waals surface area contributed by atoms with Crippen molar-refractivity contribution < 1.29 is 0 Å². The highest BCUT2D eigenvalue weighted by Crippen LogP contribution is 2.15. The van der Waals surface area contributed by atoms with E-state index in [1.807, 2.05) is 6.07 Å². The van der Waals surface area contributed by atoms with Crippen molar-refractivity contribution in [3.8, 4) is 11.9 Å². The molecule has 0 unspecified atom stereocenters. The lowest BCUT2D eigenvalue weighted by atomic mass is 10.3. The Morgan fingerprint density at radius 3 is 2.82 bits per heavy atom. The molecule has 0 aliphatic carbocycles. The lowest BCUT2D eigenvalue weighted by Crippen LogP contribution is -2.14. The normalized spacial score (nSPS) is 12.1. The van der Waals surface area contributed by atoms with Gasteiger partial charge in [0, 0.05) is 6.20 Å². The number of rotatable bonds is 2. The van der Waals surface area contributed by atoms with Crippen molar-refractivity contribution in [1.82, 2.24) is 19.7 Å². The molecule has 0 amide bonds. The van der Waals surface area contributed by atoms with Gasteiger partial charge in [-0.1, -0.05) is 0 Å². The second-order valence-electron chi connectivity index (χ2n) is 3.46. The highest BCUT2D eigenvalue weighted by atomic mass is 35.5. The van der Waals surface area contributed by atoms with Crippen LogP contribution < -0.4 is 5.73 Å². The van der Waals surface area contributed by atoms with E-state index in [1.165, 1.54) is 10.9 Å². The number of nitrogens with two attached hydrogens (primary N) is 1. The predicted octanol–water partition coefficient (Wildman–Crippen LogP) is 1.21. The zero-order valence-corrected chi connectivity index (χ0v) is 9.76. The summed E-state index contributed by atoms with van der Waals surface area (Å²) in [7, 11) is 0. The summed E-state index contributed by atoms with van der Waals surface area (Å²) < 4.78 is 1.47. The van der Waals surface area contributed by atoms with Gasteiger partial charge in [-0.05, 0) is 30.7 Å². The fourth-order valence-corrected chi connectivity index (χ4v) is 1.50. The minimum atomic E-state index is -0.313. The van der Waals surface area contributed by atoms with Crippen LogP contribution in [0.25, 0.3) is 5.82 Å². The molecule has 1 atom stereocenters. The fraction of sp³-hybridized carbons (Fsp3) is 0.200. The molecule has 0 spiro atoms. The summed E-state index contributed by atoms with van der Waals surface area (Å²) in [4.78, 5) is 8.12. The van der Waals surface area contributed by atoms with Gasteiger partial charge in [0.2, 0.25) is 5.28 Å². The zero-order chi connectivity index (χ0) is 12.4. The van der Waals surface area contributed by atoms with Crippen LogP contribution in [0.3, 0.4) is 0 Å². The van der Waals surface area contributed by atoms with Crippen molar-refractivity contribution >= 4 is 11.6 Å². The van der Waals surface area contributed by atoms with Crippen molar-refractivity contribution in [2.24, 2.45) is 5.73 Å². The van der Waals surface area contributed by atoms with Crippen LogP contribution in [0.5, 0.6) is 0 Å². The highest BCUT2D eigenvalue weighted by molar-refractivity contribution is 6.28. The topological polar surface area (TPSA) is 93.4 Å². The SMILES string of the molecule is C[C@@H](N)c1nc(Cl)nn1-c1ccc(C#N)cn1. The van der Waals surface area contributed by atoms with Crippen LogP contribution in [-0.4, -0.2) is 19.7 Å². The van der Waals surface area contributed by atoms with Gasteiger partial charge in [-0.3, -0.25) is 0 Å². The van der Waals surface area contributed by atoms with Gasteiger partial charge in [0.1, 0.15) is 6.07 Å². The monoisotopic (exact) mass is 248 g/mol. The zero-order valence-electron chi connectivity index (χ0n) is 9.00. The van der Waals surface area contributed by atoms with Crippen molar-refractivity contribution in [3.63, 3.8) is 0 Å². The molecule has 0 aromatic carbocycles. The van der Waals surface area contributed by atoms with E-state index in [1.54, 1.807) is 19.1 Å². The van der Waals surface area contributed by atoms with Gasteiger partial charge in [-0.25, -0.2) is 4.98 Å². The van der Waals surface area contributed by atoms with Crippen molar-refractivity contribution in [2.45, 2.75) is 13.0 Å². The number of hydrogen-bond donors (Lipinski definition) is 1. The quantitative estimate of drug-likeness (QED) is 0.862. The molecule has 2 heterocycles. The van der Waals surface area contributed by atoms with Gasteiger partial charge in [0.25, 0.3) is 0 Å². The maximum absolute atomic E-state index is 8.68. The van der Waals surface area contributed by atoms with Crippen molar-refractivity contribution in [3.05, 3.63) is 35.0 Å². The first-order valence-electron chi connectivity index (χ1n) is 4.86. The lowest BCUT2D eigenvalue weighted by molar-refractivity contribution is 0.681. The van der Waals surface area contributed by atoms with E-state index in [9.17, 15) is 0 Å². The molecule has 0 aliphatic heterocycles. The van der Waals surface area contributed by atoms with E-state index >= 15 is 0 Å². The smallest absolute Gasteiger partial charge is 0.243 e. The molecule has 2 aromatic heterocycles. The molecular formula is C10H9ClN6. The van der Waals surface area contributed by atoms with E-state index < -0.39 is 0 Å². The molecule has 0 radical (unpaired) electrons. The minimum absolute atomic E-state index is 0.114. The van der Waals surface area contributed by atoms with Crippen LogP contribution in [-0.2, 0) is 0 Å². The van der Waals surface area contributed by atoms with Crippen LogP contribution in [0.1, 0.15) is 24.4 Å². The number of nitrogens with zero attached hydrogens (tertiary/aromatic N) is 5. The summed E-state index contributed by atoms with van der Waals surface area (Å²) >= 11 is 5.74. The number of halogens is 1. The third-order valence-corrected chi connectivity index (χ3v) is 2.27. The second kappa shape index (κ2) is 4.49. The summed E-state index contributed by atoms with van der Waals surface area (Å²) in [5.74, 6) is 1.04. The molecule has 0 saturated heterocycles. The van der Waals surface area contributed by atoms with E-state index in [0.29, 0.717) is 17.2 Å². The number of pyridine rings is 1. The third-order valence-electron chi connectivity index (χ3n) is 2.11. The molecule has 0 bridgehead atoms. The van der Waals surface area contributed by atoms with E-state index in [-0.39, 0.29) is 11.3 Å².